The summed E-state index contributed by atoms with van der Waals surface area (Å²) in [6, 6.07) is 2.54. The van der Waals surface area contributed by atoms with Gasteiger partial charge >= 0.3 is 0 Å². The second kappa shape index (κ2) is 6.28. The van der Waals surface area contributed by atoms with Gasteiger partial charge in [-0.25, -0.2) is 0 Å². The predicted octanol–water partition coefficient (Wildman–Crippen LogP) is 2.72. The molecule has 1 fully saturated rings. The summed E-state index contributed by atoms with van der Waals surface area (Å²) in [5, 5.41) is 1.95. The molecule has 0 amide bonds. The van der Waals surface area contributed by atoms with Crippen LogP contribution in [0.2, 0.25) is 0 Å². The Kier molecular flexibility index (Phi) is 4.95. The minimum absolute atomic E-state index is 0.208. The molecular weight excluding hydrogens is 312 g/mol. The lowest BCUT2D eigenvalue weighted by atomic mass is 10.2. The molecule has 0 N–H and O–H groups in total. The van der Waals surface area contributed by atoms with E-state index in [1.54, 1.807) is 0 Å². The van der Waals surface area contributed by atoms with Gasteiger partial charge in [-0.15, -0.1) is 11.3 Å². The van der Waals surface area contributed by atoms with Gasteiger partial charge in [-0.05, 0) is 60.9 Å². The number of halogens is 1. The highest BCUT2D eigenvalue weighted by molar-refractivity contribution is 9.10. The lowest BCUT2D eigenvalue weighted by Gasteiger charge is -2.25. The van der Waals surface area contributed by atoms with E-state index in [4.69, 9.17) is 0 Å². The van der Waals surface area contributed by atoms with E-state index in [1.165, 1.54) is 30.7 Å². The number of nitrogens with zero attached hydrogens (tertiary/aromatic N) is 2. The zero-order valence-corrected chi connectivity index (χ0v) is 13.3. The Bertz CT molecular complexity index is 421. The zero-order valence-electron chi connectivity index (χ0n) is 10.9. The molecule has 1 saturated heterocycles. The van der Waals surface area contributed by atoms with Crippen molar-refractivity contribution in [2.45, 2.75) is 18.9 Å². The Morgan fingerprint density at radius 2 is 2.44 bits per heavy atom. The topological polar surface area (TPSA) is 23.6 Å². The summed E-state index contributed by atoms with van der Waals surface area (Å²) in [5.41, 5.74) is 0. The Labute approximate surface area is 121 Å². The molecule has 3 nitrogen and oxygen atoms in total. The Balaban J connectivity index is 1.86. The van der Waals surface area contributed by atoms with Crippen LogP contribution < -0.4 is 0 Å². The van der Waals surface area contributed by atoms with Gasteiger partial charge in [0.1, 0.15) is 0 Å². The van der Waals surface area contributed by atoms with Crippen LogP contribution in [-0.4, -0.2) is 55.4 Å². The molecule has 0 radical (unpaired) electrons. The van der Waals surface area contributed by atoms with Gasteiger partial charge in [-0.1, -0.05) is 0 Å². The second-order valence-electron chi connectivity index (χ2n) is 4.99. The van der Waals surface area contributed by atoms with Crippen molar-refractivity contribution in [2.24, 2.45) is 0 Å². The number of rotatable bonds is 5. The van der Waals surface area contributed by atoms with Gasteiger partial charge in [0.05, 0.1) is 11.4 Å². The molecule has 0 bridgehead atoms. The average molecular weight is 331 g/mol. The van der Waals surface area contributed by atoms with E-state index >= 15 is 0 Å². The number of hydrogen-bond donors (Lipinski definition) is 0. The maximum atomic E-state index is 12.1. The van der Waals surface area contributed by atoms with E-state index in [2.05, 4.69) is 32.8 Å². The first kappa shape index (κ1) is 14.2. The summed E-state index contributed by atoms with van der Waals surface area (Å²) in [4.78, 5) is 17.5. The third kappa shape index (κ3) is 3.41. The predicted molar refractivity (Wildman–Crippen MR) is 79.5 cm³/mol. The summed E-state index contributed by atoms with van der Waals surface area (Å²) in [7, 11) is 4.20. The van der Waals surface area contributed by atoms with Crippen molar-refractivity contribution in [2.75, 3.05) is 33.7 Å². The first-order valence-electron chi connectivity index (χ1n) is 6.23. The molecule has 0 aromatic carbocycles. The van der Waals surface area contributed by atoms with Crippen molar-refractivity contribution in [3.63, 3.8) is 0 Å². The lowest BCUT2D eigenvalue weighted by molar-refractivity contribution is 0.0935. The summed E-state index contributed by atoms with van der Waals surface area (Å²) in [6.07, 6.45) is 2.52. The van der Waals surface area contributed by atoms with Gasteiger partial charge in [-0.3, -0.25) is 9.69 Å². The van der Waals surface area contributed by atoms with E-state index in [0.29, 0.717) is 12.6 Å². The van der Waals surface area contributed by atoms with Crippen molar-refractivity contribution in [1.29, 1.82) is 0 Å². The SMILES string of the molecule is CN(CC(=O)c1sccc1Br)CC1CCCN1C. The highest BCUT2D eigenvalue weighted by atomic mass is 79.9. The minimum Gasteiger partial charge on any atom is -0.302 e. The molecule has 0 saturated carbocycles. The van der Waals surface area contributed by atoms with Crippen LogP contribution in [0, 0.1) is 0 Å². The van der Waals surface area contributed by atoms with E-state index in [9.17, 15) is 4.79 Å². The third-order valence-electron chi connectivity index (χ3n) is 3.48. The van der Waals surface area contributed by atoms with Crippen molar-refractivity contribution >= 4 is 33.0 Å². The maximum absolute atomic E-state index is 12.1. The Hall–Kier alpha value is -0.230. The van der Waals surface area contributed by atoms with Crippen LogP contribution in [0.4, 0.5) is 0 Å². The smallest absolute Gasteiger partial charge is 0.187 e. The van der Waals surface area contributed by atoms with E-state index < -0.39 is 0 Å². The first-order valence-corrected chi connectivity index (χ1v) is 7.90. The van der Waals surface area contributed by atoms with Crippen LogP contribution in [0.15, 0.2) is 15.9 Å². The molecule has 1 aliphatic rings. The number of carbonyl (C=O) groups excluding carboxylic acids is 1. The molecule has 1 unspecified atom stereocenters. The summed E-state index contributed by atoms with van der Waals surface area (Å²) < 4.78 is 0.920. The van der Waals surface area contributed by atoms with Gasteiger partial charge in [0.2, 0.25) is 0 Å². The van der Waals surface area contributed by atoms with Gasteiger partial charge in [0.25, 0.3) is 0 Å². The molecule has 0 aliphatic carbocycles. The van der Waals surface area contributed by atoms with Crippen LogP contribution in [0.3, 0.4) is 0 Å². The second-order valence-corrected chi connectivity index (χ2v) is 6.76. The number of Topliss-reactive ketones (excluding diaryl/α,β-unsaturated/α-hetero) is 1. The normalized spacial score (nSPS) is 20.8. The van der Waals surface area contributed by atoms with Crippen molar-refractivity contribution in [1.82, 2.24) is 9.80 Å². The fourth-order valence-corrected chi connectivity index (χ4v) is 3.97. The summed E-state index contributed by atoms with van der Waals surface area (Å²) in [5.74, 6) is 0.208. The molecule has 5 heteroatoms. The van der Waals surface area contributed by atoms with Crippen molar-refractivity contribution in [3.8, 4) is 0 Å². The highest BCUT2D eigenvalue weighted by Crippen LogP contribution is 2.23. The number of likely N-dealkylation sites (N-methyl/N-ethyl adjacent to an activating group) is 2. The Morgan fingerprint density at radius 1 is 1.67 bits per heavy atom. The third-order valence-corrected chi connectivity index (χ3v) is 5.36. The number of carbonyl (C=O) groups is 1. The van der Waals surface area contributed by atoms with Crippen LogP contribution in [-0.2, 0) is 0 Å². The van der Waals surface area contributed by atoms with Crippen LogP contribution in [0.1, 0.15) is 22.5 Å². The number of hydrogen-bond acceptors (Lipinski definition) is 4. The van der Waals surface area contributed by atoms with Crippen molar-refractivity contribution < 1.29 is 4.79 Å². The maximum Gasteiger partial charge on any atom is 0.187 e. The molecule has 100 valence electrons. The standard InChI is InChI=1S/C13H19BrN2OS/c1-15(8-10-4-3-6-16(10)2)9-12(17)13-11(14)5-7-18-13/h5,7,10H,3-4,6,8-9H2,1-2H3. The largest absolute Gasteiger partial charge is 0.302 e. The van der Waals surface area contributed by atoms with Gasteiger partial charge in [-0.2, -0.15) is 0 Å². The van der Waals surface area contributed by atoms with Gasteiger partial charge < -0.3 is 4.90 Å². The van der Waals surface area contributed by atoms with Gasteiger partial charge in [0.15, 0.2) is 5.78 Å². The average Bonchev–Trinajstić information content (AvgIpc) is 2.88. The number of thiophene rings is 1. The monoisotopic (exact) mass is 330 g/mol. The molecule has 0 spiro atoms. The molecule has 1 aromatic heterocycles. The molecule has 1 aromatic rings. The fraction of sp³-hybridized carbons (Fsp3) is 0.615. The fourth-order valence-electron chi connectivity index (χ4n) is 2.44. The molecule has 2 rings (SSSR count). The van der Waals surface area contributed by atoms with Gasteiger partial charge in [0, 0.05) is 17.1 Å². The molecule has 18 heavy (non-hydrogen) atoms. The molecule has 1 atom stereocenters. The van der Waals surface area contributed by atoms with E-state index in [1.807, 2.05) is 18.5 Å². The molecule has 1 aliphatic heterocycles. The molecule has 2 heterocycles. The van der Waals surface area contributed by atoms with Crippen LogP contribution >= 0.6 is 27.3 Å². The number of ketones is 1. The zero-order chi connectivity index (χ0) is 13.1. The summed E-state index contributed by atoms with van der Waals surface area (Å²) in [6.45, 7) is 2.66. The highest BCUT2D eigenvalue weighted by Gasteiger charge is 2.23. The van der Waals surface area contributed by atoms with Crippen LogP contribution in [0.5, 0.6) is 0 Å². The van der Waals surface area contributed by atoms with E-state index in [0.717, 1.165) is 15.9 Å². The summed E-state index contributed by atoms with van der Waals surface area (Å²) >= 11 is 4.93. The first-order chi connectivity index (χ1) is 8.58. The Morgan fingerprint density at radius 3 is 3.00 bits per heavy atom. The van der Waals surface area contributed by atoms with Crippen molar-refractivity contribution in [3.05, 3.63) is 20.8 Å². The number of likely N-dealkylation sites (tertiary alicyclic amines) is 1. The minimum atomic E-state index is 0.208. The lowest BCUT2D eigenvalue weighted by Crippen LogP contribution is -2.38. The molecular formula is C13H19BrN2OS. The van der Waals surface area contributed by atoms with E-state index in [-0.39, 0.29) is 5.78 Å². The van der Waals surface area contributed by atoms with Crippen LogP contribution in [0.25, 0.3) is 0 Å². The quantitative estimate of drug-likeness (QED) is 0.775.